The number of para-hydroxylation sites is 1. The topological polar surface area (TPSA) is 93.3 Å². The molecule has 0 saturated heterocycles. The van der Waals surface area contributed by atoms with Gasteiger partial charge in [0, 0.05) is 29.2 Å². The molecule has 3 heterocycles. The number of carbonyl (C=O) groups is 1. The summed E-state index contributed by atoms with van der Waals surface area (Å²) in [7, 11) is 6.57. The Hall–Kier alpha value is -4.31. The van der Waals surface area contributed by atoms with Gasteiger partial charge in [0.2, 0.25) is 5.75 Å². The molecule has 1 atom stereocenters. The van der Waals surface area contributed by atoms with Gasteiger partial charge in [0.1, 0.15) is 0 Å². The first-order valence-electron chi connectivity index (χ1n) is 12.8. The minimum absolute atomic E-state index is 0.183. The molecule has 0 unspecified atom stereocenters. The summed E-state index contributed by atoms with van der Waals surface area (Å²) in [4.78, 5) is 32.6. The molecule has 0 fully saturated rings. The van der Waals surface area contributed by atoms with E-state index in [2.05, 4.69) is 15.6 Å². The Morgan fingerprint density at radius 1 is 1.07 bits per heavy atom. The van der Waals surface area contributed by atoms with Crippen molar-refractivity contribution in [1.82, 2.24) is 9.13 Å². The third kappa shape index (κ3) is 4.28. The van der Waals surface area contributed by atoms with Crippen LogP contribution in [0.5, 0.6) is 17.2 Å². The van der Waals surface area contributed by atoms with Crippen LogP contribution in [0, 0.1) is 6.92 Å². The second kappa shape index (κ2) is 10.7. The number of carbonyl (C=O) groups excluding carboxylic acids is 1. The molecule has 0 bridgehead atoms. The van der Waals surface area contributed by atoms with E-state index < -0.39 is 12.0 Å². The number of thiazole rings is 1. The van der Waals surface area contributed by atoms with Crippen LogP contribution in [0.1, 0.15) is 36.7 Å². The fourth-order valence-corrected chi connectivity index (χ4v) is 6.26. The van der Waals surface area contributed by atoms with E-state index in [0.717, 1.165) is 22.2 Å². The average Bonchev–Trinajstić information content (AvgIpc) is 3.39. The normalized spacial score (nSPS) is 15.2. The summed E-state index contributed by atoms with van der Waals surface area (Å²) in [6.45, 7) is 5.71. The number of aryl methyl sites for hydroxylation is 1. The predicted octanol–water partition coefficient (Wildman–Crippen LogP) is 3.62. The van der Waals surface area contributed by atoms with E-state index in [1.165, 1.54) is 32.7 Å². The van der Waals surface area contributed by atoms with Crippen LogP contribution in [0.2, 0.25) is 0 Å². The molecule has 5 rings (SSSR count). The van der Waals surface area contributed by atoms with Crippen LogP contribution in [0.25, 0.3) is 17.0 Å². The zero-order chi connectivity index (χ0) is 28.7. The van der Waals surface area contributed by atoms with Gasteiger partial charge in [0.25, 0.3) is 5.56 Å². The van der Waals surface area contributed by atoms with Crippen LogP contribution in [0.4, 0.5) is 0 Å². The lowest BCUT2D eigenvalue weighted by Gasteiger charge is -2.26. The average molecular weight is 562 g/mol. The smallest absolute Gasteiger partial charge is 0.338 e. The van der Waals surface area contributed by atoms with Crippen LogP contribution in [-0.4, -0.2) is 43.0 Å². The maximum Gasteiger partial charge on any atom is 0.338 e. The molecule has 2 aromatic carbocycles. The molecule has 1 aliphatic heterocycles. The van der Waals surface area contributed by atoms with Crippen LogP contribution in [0.15, 0.2) is 57.5 Å². The maximum absolute atomic E-state index is 14.1. The zero-order valence-corrected chi connectivity index (χ0v) is 24.3. The van der Waals surface area contributed by atoms with Crippen molar-refractivity contribution in [3.63, 3.8) is 0 Å². The summed E-state index contributed by atoms with van der Waals surface area (Å²) in [5.74, 6) is 0.680. The van der Waals surface area contributed by atoms with Gasteiger partial charge < -0.3 is 23.5 Å². The van der Waals surface area contributed by atoms with Crippen molar-refractivity contribution in [2.45, 2.75) is 26.8 Å². The highest BCUT2D eigenvalue weighted by Gasteiger charge is 2.34. The molecule has 0 aliphatic carbocycles. The Kier molecular flexibility index (Phi) is 7.29. The number of rotatable bonds is 7. The molecular formula is C30H31N3O6S. The summed E-state index contributed by atoms with van der Waals surface area (Å²) < 4.78 is 26.3. The number of aromatic nitrogens is 2. The minimum Gasteiger partial charge on any atom is -0.493 e. The van der Waals surface area contributed by atoms with Crippen molar-refractivity contribution in [1.29, 1.82) is 0 Å². The van der Waals surface area contributed by atoms with Gasteiger partial charge in [0.05, 0.1) is 49.8 Å². The second-order valence-corrected chi connectivity index (χ2v) is 10.3. The largest absolute Gasteiger partial charge is 0.493 e. The molecule has 0 radical (unpaired) electrons. The van der Waals surface area contributed by atoms with Crippen LogP contribution >= 0.6 is 11.3 Å². The molecule has 9 nitrogen and oxygen atoms in total. The van der Waals surface area contributed by atoms with E-state index in [1.54, 1.807) is 30.5 Å². The zero-order valence-electron chi connectivity index (χ0n) is 23.5. The number of hydrogen-bond donors (Lipinski definition) is 0. The second-order valence-electron chi connectivity index (χ2n) is 9.34. The van der Waals surface area contributed by atoms with Crippen molar-refractivity contribution < 1.29 is 23.7 Å². The lowest BCUT2D eigenvalue weighted by atomic mass is 9.95. The minimum atomic E-state index is -0.820. The molecule has 0 amide bonds. The Morgan fingerprint density at radius 2 is 1.75 bits per heavy atom. The summed E-state index contributed by atoms with van der Waals surface area (Å²) in [6.07, 6.45) is 1.91. The summed E-state index contributed by atoms with van der Waals surface area (Å²) in [5, 5.41) is 1.05. The van der Waals surface area contributed by atoms with Crippen molar-refractivity contribution in [2.24, 2.45) is 12.0 Å². The molecular weight excluding hydrogens is 530 g/mol. The van der Waals surface area contributed by atoms with Gasteiger partial charge >= 0.3 is 5.97 Å². The Labute approximate surface area is 235 Å². The Bertz CT molecular complexity index is 1840. The van der Waals surface area contributed by atoms with Crippen LogP contribution < -0.4 is 29.1 Å². The standard InChI is InChI=1S/C30H31N3O6S/c1-8-39-29(35)25-16(2)31-30-33(26(25)18-13-22(36-5)27(38-7)23(14-18)37-6)28(34)24(40-30)15-20-17(3)32(4)21-12-10-9-11-19(20)21/h9-15,26H,8H2,1-7H3/b24-15-/t26-/m1/s1. The molecule has 40 heavy (non-hydrogen) atoms. The number of esters is 1. The van der Waals surface area contributed by atoms with E-state index in [1.807, 2.05) is 38.2 Å². The molecule has 10 heteroatoms. The SMILES string of the molecule is CCOC(=O)C1=C(C)N=c2s/c(=C\c3c(C)n(C)c4ccccc34)c(=O)n2[C@@H]1c1cc(OC)c(OC)c(OC)c1. The van der Waals surface area contributed by atoms with Gasteiger partial charge in [-0.3, -0.25) is 9.36 Å². The monoisotopic (exact) mass is 561 g/mol. The van der Waals surface area contributed by atoms with E-state index in [4.69, 9.17) is 18.9 Å². The number of benzene rings is 2. The fraction of sp³-hybridized carbons (Fsp3) is 0.300. The summed E-state index contributed by atoms with van der Waals surface area (Å²) in [5.41, 5.74) is 4.17. The number of allylic oxidation sites excluding steroid dienone is 1. The molecule has 1 aliphatic rings. The van der Waals surface area contributed by atoms with Crippen molar-refractivity contribution in [3.05, 3.63) is 84.2 Å². The number of ether oxygens (including phenoxy) is 4. The molecule has 0 saturated carbocycles. The predicted molar refractivity (Wildman–Crippen MR) is 154 cm³/mol. The fourth-order valence-electron chi connectivity index (χ4n) is 5.23. The quantitative estimate of drug-likeness (QED) is 0.320. The lowest BCUT2D eigenvalue weighted by Crippen LogP contribution is -2.40. The summed E-state index contributed by atoms with van der Waals surface area (Å²) >= 11 is 1.29. The highest BCUT2D eigenvalue weighted by Crippen LogP contribution is 2.42. The summed E-state index contributed by atoms with van der Waals surface area (Å²) in [6, 6.07) is 10.8. The van der Waals surface area contributed by atoms with Gasteiger partial charge in [-0.15, -0.1) is 0 Å². The Balaban J connectivity index is 1.81. The van der Waals surface area contributed by atoms with Gasteiger partial charge in [-0.1, -0.05) is 29.5 Å². The van der Waals surface area contributed by atoms with E-state index in [-0.39, 0.29) is 17.7 Å². The van der Waals surface area contributed by atoms with Crippen molar-refractivity contribution >= 4 is 34.3 Å². The highest BCUT2D eigenvalue weighted by molar-refractivity contribution is 7.07. The van der Waals surface area contributed by atoms with E-state index in [0.29, 0.717) is 37.8 Å². The molecule has 208 valence electrons. The van der Waals surface area contributed by atoms with Gasteiger partial charge in [-0.05, 0) is 50.6 Å². The number of nitrogens with zero attached hydrogens (tertiary/aromatic N) is 3. The molecule has 2 aromatic heterocycles. The first-order valence-corrected chi connectivity index (χ1v) is 13.6. The van der Waals surface area contributed by atoms with Gasteiger partial charge in [-0.2, -0.15) is 0 Å². The van der Waals surface area contributed by atoms with E-state index in [9.17, 15) is 9.59 Å². The number of hydrogen-bond acceptors (Lipinski definition) is 8. The van der Waals surface area contributed by atoms with Crippen molar-refractivity contribution in [3.8, 4) is 17.2 Å². The van der Waals surface area contributed by atoms with E-state index >= 15 is 0 Å². The van der Waals surface area contributed by atoms with Crippen LogP contribution in [0.3, 0.4) is 0 Å². The lowest BCUT2D eigenvalue weighted by molar-refractivity contribution is -0.139. The Morgan fingerprint density at radius 3 is 2.38 bits per heavy atom. The third-order valence-corrected chi connectivity index (χ3v) is 8.23. The van der Waals surface area contributed by atoms with Crippen LogP contribution in [-0.2, 0) is 16.6 Å². The van der Waals surface area contributed by atoms with Crippen molar-refractivity contribution in [2.75, 3.05) is 27.9 Å². The van der Waals surface area contributed by atoms with Gasteiger partial charge in [-0.25, -0.2) is 9.79 Å². The molecule has 0 spiro atoms. The number of methoxy groups -OCH3 is 3. The first kappa shape index (κ1) is 27.3. The van der Waals surface area contributed by atoms with Gasteiger partial charge in [0.15, 0.2) is 16.3 Å². The molecule has 4 aromatic rings. The maximum atomic E-state index is 14.1. The highest BCUT2D eigenvalue weighted by atomic mass is 32.1. The number of fused-ring (bicyclic) bond motifs is 2. The third-order valence-electron chi connectivity index (χ3n) is 7.24. The first-order chi connectivity index (χ1) is 19.2. The molecule has 0 N–H and O–H groups in total.